The van der Waals surface area contributed by atoms with Crippen LogP contribution in [0.5, 0.6) is 0 Å². The predicted octanol–water partition coefficient (Wildman–Crippen LogP) is -1.28. The Hall–Kier alpha value is 1.35. The smallest absolute Gasteiger partial charge is 0.393 e. The van der Waals surface area contributed by atoms with Crippen molar-refractivity contribution in [1.82, 2.24) is 0 Å². The quantitative estimate of drug-likeness (QED) is 0.164. The molecular weight excluding hydrogens is 559 g/mol. The Morgan fingerprint density at radius 1 is 0.654 bits per heavy atom. The molecule has 4 unspecified atom stereocenters. The van der Waals surface area contributed by atoms with Gasteiger partial charge in [0.2, 0.25) is 0 Å². The summed E-state index contributed by atoms with van der Waals surface area (Å²) in [6.45, 7) is 3.43. The second kappa shape index (κ2) is 19.7. The van der Waals surface area contributed by atoms with Crippen molar-refractivity contribution >= 4 is 20.8 Å². The molecular formula is C10H26O12S2Zr2. The minimum atomic E-state index is -4.67. The van der Waals surface area contributed by atoms with Gasteiger partial charge in [-0.15, -0.1) is 0 Å². The van der Waals surface area contributed by atoms with E-state index in [0.29, 0.717) is 6.42 Å². The van der Waals surface area contributed by atoms with Gasteiger partial charge in [-0.05, 0) is 32.6 Å². The molecule has 8 N–H and O–H groups in total. The topological polar surface area (TPSA) is 230 Å². The van der Waals surface area contributed by atoms with E-state index in [0.717, 1.165) is 0 Å². The molecule has 12 nitrogen and oxygen atoms in total. The van der Waals surface area contributed by atoms with Crippen LogP contribution >= 0.6 is 0 Å². The largest absolute Gasteiger partial charge is 0.394 e. The fraction of sp³-hybridized carbons (Fsp3) is 1.00. The minimum absolute atomic E-state index is 0. The summed E-state index contributed by atoms with van der Waals surface area (Å²) in [5.74, 6) is 0. The fourth-order valence-electron chi connectivity index (χ4n) is 1.38. The molecule has 0 rings (SSSR count). The van der Waals surface area contributed by atoms with Gasteiger partial charge in [-0.2, -0.15) is 16.8 Å². The number of hydrogen-bond donors (Lipinski definition) is 8. The zero-order valence-corrected chi connectivity index (χ0v) is 20.7. The van der Waals surface area contributed by atoms with Crippen LogP contribution in [0.15, 0.2) is 0 Å². The molecule has 0 heterocycles. The van der Waals surface area contributed by atoms with Crippen LogP contribution in [0, 0.1) is 0 Å². The van der Waals surface area contributed by atoms with E-state index >= 15 is 0 Å². The molecule has 0 aliphatic heterocycles. The van der Waals surface area contributed by atoms with E-state index in [1.807, 2.05) is 6.92 Å². The van der Waals surface area contributed by atoms with Crippen LogP contribution in [0.25, 0.3) is 0 Å². The third-order valence-corrected chi connectivity index (χ3v) is 2.17. The standard InChI is InChI=1S/C10H22O4.2H2O4S.2Zr/c1-3-8(12)5-10(14)6-9(13)4-7(2)11;2*1-5(2,3)4;;/h7-14H,3-6H2,1-2H3;2*(H2,1,2,3,4);;. The van der Waals surface area contributed by atoms with Gasteiger partial charge in [-0.1, -0.05) is 6.92 Å². The number of aliphatic hydroxyl groups is 4. The molecule has 0 aromatic carbocycles. The molecule has 0 saturated heterocycles. The zero-order chi connectivity index (χ0) is 20.1. The van der Waals surface area contributed by atoms with Crippen LogP contribution in [-0.2, 0) is 73.2 Å². The average Bonchev–Trinajstić information content (AvgIpc) is 2.22. The van der Waals surface area contributed by atoms with Crippen LogP contribution < -0.4 is 0 Å². The van der Waals surface area contributed by atoms with Crippen LogP contribution in [0.3, 0.4) is 0 Å². The van der Waals surface area contributed by atoms with Crippen LogP contribution in [0.2, 0.25) is 0 Å². The molecule has 16 heteroatoms. The summed E-state index contributed by atoms with van der Waals surface area (Å²) >= 11 is 0. The van der Waals surface area contributed by atoms with Gasteiger partial charge in [0.05, 0.1) is 24.4 Å². The molecule has 158 valence electrons. The number of hydrogen-bond acceptors (Lipinski definition) is 8. The van der Waals surface area contributed by atoms with Crippen molar-refractivity contribution in [2.45, 2.75) is 63.9 Å². The first-order chi connectivity index (χ1) is 10.5. The summed E-state index contributed by atoms with van der Waals surface area (Å²) in [6.07, 6.45) is -1.11. The minimum Gasteiger partial charge on any atom is -0.393 e. The molecule has 0 aromatic rings. The molecule has 0 bridgehead atoms. The van der Waals surface area contributed by atoms with Crippen molar-refractivity contribution in [2.24, 2.45) is 0 Å². The van der Waals surface area contributed by atoms with Crippen molar-refractivity contribution in [2.75, 3.05) is 0 Å². The summed E-state index contributed by atoms with van der Waals surface area (Å²) in [5, 5.41) is 37.0. The molecule has 0 saturated carbocycles. The van der Waals surface area contributed by atoms with Gasteiger partial charge >= 0.3 is 20.8 Å². The van der Waals surface area contributed by atoms with E-state index in [-0.39, 0.29) is 71.7 Å². The van der Waals surface area contributed by atoms with Crippen molar-refractivity contribution < 1.29 is 108 Å². The fourth-order valence-corrected chi connectivity index (χ4v) is 1.38. The van der Waals surface area contributed by atoms with Crippen LogP contribution in [-0.4, -0.2) is 79.9 Å². The molecule has 0 radical (unpaired) electrons. The third kappa shape index (κ3) is 63.8. The first-order valence-corrected chi connectivity index (χ1v) is 9.37. The maximum absolute atomic E-state index is 9.43. The predicted molar refractivity (Wildman–Crippen MR) is 82.2 cm³/mol. The SMILES string of the molecule is CCC(O)CC(O)CC(O)CC(C)O.O=S(=O)(O)O.O=S(=O)(O)O.[Zr].[Zr]. The summed E-state index contributed by atoms with van der Waals surface area (Å²) in [5.41, 5.74) is 0. The Labute approximate surface area is 191 Å². The van der Waals surface area contributed by atoms with Gasteiger partial charge in [-0.25, -0.2) is 0 Å². The maximum atomic E-state index is 9.43. The Kier molecular flexibility index (Phi) is 28.7. The van der Waals surface area contributed by atoms with Crippen LogP contribution in [0.1, 0.15) is 39.5 Å². The van der Waals surface area contributed by atoms with Crippen molar-refractivity contribution in [3.05, 3.63) is 0 Å². The summed E-state index contributed by atoms with van der Waals surface area (Å²) in [4.78, 5) is 0. The zero-order valence-electron chi connectivity index (χ0n) is 14.2. The van der Waals surface area contributed by atoms with Gasteiger partial charge in [0.15, 0.2) is 0 Å². The Bertz CT molecular complexity index is 450. The van der Waals surface area contributed by atoms with Crippen molar-refractivity contribution in [3.8, 4) is 0 Å². The molecule has 0 aromatic heterocycles. The third-order valence-electron chi connectivity index (χ3n) is 2.17. The normalized spacial score (nSPS) is 15.3. The summed E-state index contributed by atoms with van der Waals surface area (Å²) in [7, 11) is -9.33. The monoisotopic (exact) mass is 582 g/mol. The van der Waals surface area contributed by atoms with Gasteiger partial charge in [0.25, 0.3) is 0 Å². The Morgan fingerprint density at radius 3 is 1.12 bits per heavy atom. The van der Waals surface area contributed by atoms with Gasteiger partial charge in [0.1, 0.15) is 0 Å². The van der Waals surface area contributed by atoms with Gasteiger partial charge in [-0.3, -0.25) is 18.2 Å². The van der Waals surface area contributed by atoms with E-state index in [1.165, 1.54) is 0 Å². The first-order valence-electron chi connectivity index (χ1n) is 6.57. The summed E-state index contributed by atoms with van der Waals surface area (Å²) in [6, 6.07) is 0. The molecule has 0 fully saturated rings. The second-order valence-corrected chi connectivity index (χ2v) is 6.61. The van der Waals surface area contributed by atoms with Gasteiger partial charge < -0.3 is 20.4 Å². The molecule has 26 heavy (non-hydrogen) atoms. The van der Waals surface area contributed by atoms with E-state index in [2.05, 4.69) is 0 Å². The van der Waals surface area contributed by atoms with Crippen molar-refractivity contribution in [1.29, 1.82) is 0 Å². The van der Waals surface area contributed by atoms with Gasteiger partial charge in [0, 0.05) is 52.4 Å². The summed E-state index contributed by atoms with van der Waals surface area (Å²) < 4.78 is 63.2. The molecule has 4 atom stereocenters. The van der Waals surface area contributed by atoms with E-state index < -0.39 is 45.2 Å². The Balaban J connectivity index is -0.000000102. The van der Waals surface area contributed by atoms with Crippen molar-refractivity contribution in [3.63, 3.8) is 0 Å². The van der Waals surface area contributed by atoms with E-state index in [4.69, 9.17) is 40.2 Å². The number of aliphatic hydroxyl groups excluding tert-OH is 4. The molecule has 0 amide bonds. The first kappa shape index (κ1) is 38.0. The van der Waals surface area contributed by atoms with Crippen LogP contribution in [0.4, 0.5) is 0 Å². The second-order valence-electron chi connectivity index (χ2n) is 4.82. The van der Waals surface area contributed by atoms with E-state index in [1.54, 1.807) is 6.92 Å². The number of rotatable bonds is 7. The average molecular weight is 585 g/mol. The molecule has 0 aliphatic rings. The molecule has 0 aliphatic carbocycles. The molecule has 0 spiro atoms. The van der Waals surface area contributed by atoms with E-state index in [9.17, 15) is 15.3 Å². The Morgan fingerprint density at radius 2 is 0.885 bits per heavy atom. The maximum Gasteiger partial charge on any atom is 0.394 e.